The fraction of sp³-hybridized carbons (Fsp3) is 0.462. The summed E-state index contributed by atoms with van der Waals surface area (Å²) in [5, 5.41) is 9.71. The molecule has 0 bridgehead atoms. The second-order valence-electron chi connectivity index (χ2n) is 4.39. The van der Waals surface area contributed by atoms with E-state index in [0.717, 1.165) is 12.0 Å². The molecule has 1 aliphatic heterocycles. The minimum atomic E-state index is -0.140. The number of phenols is 1. The van der Waals surface area contributed by atoms with Gasteiger partial charge in [-0.2, -0.15) is 0 Å². The van der Waals surface area contributed by atoms with Crippen LogP contribution in [0.1, 0.15) is 24.8 Å². The van der Waals surface area contributed by atoms with Crippen molar-refractivity contribution >= 4 is 5.97 Å². The average Bonchev–Trinajstić information content (AvgIpc) is 2.32. The molecule has 0 amide bonds. The number of hydrogen-bond donors (Lipinski definition) is 1. The van der Waals surface area contributed by atoms with Crippen LogP contribution < -0.4 is 4.74 Å². The predicted octanol–water partition coefficient (Wildman–Crippen LogP) is 2.07. The number of carbonyl (C=O) groups excluding carboxylic acids is 1. The van der Waals surface area contributed by atoms with Crippen molar-refractivity contribution < 1.29 is 19.4 Å². The zero-order valence-electron chi connectivity index (χ0n) is 9.97. The van der Waals surface area contributed by atoms with Crippen LogP contribution >= 0.6 is 0 Å². The van der Waals surface area contributed by atoms with Crippen LogP contribution in [-0.4, -0.2) is 24.8 Å². The Kier molecular flexibility index (Phi) is 3.22. The van der Waals surface area contributed by atoms with E-state index in [0.29, 0.717) is 12.4 Å². The van der Waals surface area contributed by atoms with E-state index in [1.165, 1.54) is 7.11 Å². The minimum Gasteiger partial charge on any atom is -0.504 e. The third kappa shape index (κ3) is 2.35. The Morgan fingerprint density at radius 1 is 1.47 bits per heavy atom. The SMILES string of the molecule is COc1ccc([C@H]2COC(=O)C(C)C2)cc1O. The van der Waals surface area contributed by atoms with E-state index in [1.807, 2.05) is 13.0 Å². The van der Waals surface area contributed by atoms with Crippen molar-refractivity contribution in [3.05, 3.63) is 23.8 Å². The van der Waals surface area contributed by atoms with Crippen LogP contribution in [-0.2, 0) is 9.53 Å². The average molecular weight is 236 g/mol. The van der Waals surface area contributed by atoms with E-state index in [1.54, 1.807) is 12.1 Å². The molecule has 1 unspecified atom stereocenters. The van der Waals surface area contributed by atoms with Crippen molar-refractivity contribution in [3.8, 4) is 11.5 Å². The van der Waals surface area contributed by atoms with Gasteiger partial charge in [0.2, 0.25) is 0 Å². The first-order chi connectivity index (χ1) is 8.11. The number of rotatable bonds is 2. The van der Waals surface area contributed by atoms with Gasteiger partial charge < -0.3 is 14.6 Å². The monoisotopic (exact) mass is 236 g/mol. The lowest BCUT2D eigenvalue weighted by Gasteiger charge is -2.26. The molecule has 17 heavy (non-hydrogen) atoms. The van der Waals surface area contributed by atoms with Gasteiger partial charge in [-0.1, -0.05) is 13.0 Å². The summed E-state index contributed by atoms with van der Waals surface area (Å²) in [6.45, 7) is 2.24. The number of hydrogen-bond acceptors (Lipinski definition) is 4. The largest absolute Gasteiger partial charge is 0.504 e. The van der Waals surface area contributed by atoms with Gasteiger partial charge >= 0.3 is 5.97 Å². The molecule has 4 nitrogen and oxygen atoms in total. The summed E-state index contributed by atoms with van der Waals surface area (Å²) in [5.74, 6) is 0.501. The van der Waals surface area contributed by atoms with Crippen LogP contribution in [0.2, 0.25) is 0 Å². The molecular formula is C13H16O4. The van der Waals surface area contributed by atoms with Gasteiger partial charge in [-0.05, 0) is 24.1 Å². The lowest BCUT2D eigenvalue weighted by atomic mass is 9.88. The molecule has 0 spiro atoms. The fourth-order valence-electron chi connectivity index (χ4n) is 2.11. The van der Waals surface area contributed by atoms with Crippen molar-refractivity contribution in [3.63, 3.8) is 0 Å². The van der Waals surface area contributed by atoms with Crippen LogP contribution in [0, 0.1) is 5.92 Å². The third-order valence-corrected chi connectivity index (χ3v) is 3.14. The molecule has 2 rings (SSSR count). The van der Waals surface area contributed by atoms with Gasteiger partial charge in [-0.3, -0.25) is 4.79 Å². The number of aromatic hydroxyl groups is 1. The molecular weight excluding hydrogens is 220 g/mol. The van der Waals surface area contributed by atoms with E-state index in [-0.39, 0.29) is 23.6 Å². The Balaban J connectivity index is 2.18. The van der Waals surface area contributed by atoms with E-state index < -0.39 is 0 Å². The highest BCUT2D eigenvalue weighted by Gasteiger charge is 2.28. The van der Waals surface area contributed by atoms with Gasteiger partial charge in [0.15, 0.2) is 11.5 Å². The van der Waals surface area contributed by atoms with Crippen LogP contribution in [0.4, 0.5) is 0 Å². The van der Waals surface area contributed by atoms with Crippen LogP contribution in [0.25, 0.3) is 0 Å². The van der Waals surface area contributed by atoms with Gasteiger partial charge in [0.1, 0.15) is 0 Å². The second-order valence-corrected chi connectivity index (χ2v) is 4.39. The number of methoxy groups -OCH3 is 1. The topological polar surface area (TPSA) is 55.8 Å². The Bertz CT molecular complexity index is 427. The Hall–Kier alpha value is -1.71. The van der Waals surface area contributed by atoms with Gasteiger partial charge in [0.05, 0.1) is 19.6 Å². The Morgan fingerprint density at radius 2 is 2.24 bits per heavy atom. The lowest BCUT2D eigenvalue weighted by Crippen LogP contribution is -2.27. The Morgan fingerprint density at radius 3 is 2.82 bits per heavy atom. The first-order valence-electron chi connectivity index (χ1n) is 5.65. The molecule has 1 fully saturated rings. The molecule has 0 saturated carbocycles. The molecule has 2 atom stereocenters. The zero-order chi connectivity index (χ0) is 12.4. The first-order valence-corrected chi connectivity index (χ1v) is 5.65. The normalized spacial score (nSPS) is 24.2. The summed E-state index contributed by atoms with van der Waals surface area (Å²) in [6.07, 6.45) is 0.755. The highest BCUT2D eigenvalue weighted by atomic mass is 16.5. The van der Waals surface area contributed by atoms with E-state index in [9.17, 15) is 9.90 Å². The first kappa shape index (κ1) is 11.8. The number of benzene rings is 1. The van der Waals surface area contributed by atoms with Crippen LogP contribution in [0.15, 0.2) is 18.2 Å². The maximum Gasteiger partial charge on any atom is 0.308 e. The molecule has 92 valence electrons. The summed E-state index contributed by atoms with van der Waals surface area (Å²) in [4.78, 5) is 11.2. The second kappa shape index (κ2) is 4.65. The molecule has 1 heterocycles. The predicted molar refractivity (Wildman–Crippen MR) is 62.1 cm³/mol. The van der Waals surface area contributed by atoms with Crippen molar-refractivity contribution in [2.45, 2.75) is 19.3 Å². The number of carbonyl (C=O) groups is 1. The fourth-order valence-corrected chi connectivity index (χ4v) is 2.11. The molecule has 1 N–H and O–H groups in total. The molecule has 1 aliphatic rings. The van der Waals surface area contributed by atoms with Crippen LogP contribution in [0.5, 0.6) is 11.5 Å². The molecule has 1 aromatic carbocycles. The van der Waals surface area contributed by atoms with E-state index in [2.05, 4.69) is 0 Å². The van der Waals surface area contributed by atoms with Crippen molar-refractivity contribution in [1.29, 1.82) is 0 Å². The lowest BCUT2D eigenvalue weighted by molar-refractivity contribution is -0.153. The minimum absolute atomic E-state index is 0.0852. The van der Waals surface area contributed by atoms with Crippen LogP contribution in [0.3, 0.4) is 0 Å². The van der Waals surface area contributed by atoms with Crippen molar-refractivity contribution in [2.24, 2.45) is 5.92 Å². The van der Waals surface area contributed by atoms with Crippen molar-refractivity contribution in [2.75, 3.05) is 13.7 Å². The smallest absolute Gasteiger partial charge is 0.308 e. The highest BCUT2D eigenvalue weighted by molar-refractivity contribution is 5.73. The number of ether oxygens (including phenoxy) is 2. The molecule has 0 aliphatic carbocycles. The van der Waals surface area contributed by atoms with Crippen molar-refractivity contribution in [1.82, 2.24) is 0 Å². The summed E-state index contributed by atoms with van der Waals surface area (Å²) in [7, 11) is 1.51. The summed E-state index contributed by atoms with van der Waals surface area (Å²) < 4.78 is 10.1. The molecule has 1 aromatic rings. The number of cyclic esters (lactones) is 1. The summed E-state index contributed by atoms with van der Waals surface area (Å²) in [5.41, 5.74) is 0.975. The van der Waals surface area contributed by atoms with E-state index >= 15 is 0 Å². The van der Waals surface area contributed by atoms with Gasteiger partial charge in [-0.15, -0.1) is 0 Å². The molecule has 0 radical (unpaired) electrons. The number of esters is 1. The Labute approximate surface area is 100 Å². The number of phenolic OH excluding ortho intramolecular Hbond substituents is 1. The quantitative estimate of drug-likeness (QED) is 0.799. The molecule has 0 aromatic heterocycles. The molecule has 1 saturated heterocycles. The van der Waals surface area contributed by atoms with Gasteiger partial charge in [-0.25, -0.2) is 0 Å². The summed E-state index contributed by atoms with van der Waals surface area (Å²) in [6, 6.07) is 5.30. The van der Waals surface area contributed by atoms with E-state index in [4.69, 9.17) is 9.47 Å². The summed E-state index contributed by atoms with van der Waals surface area (Å²) >= 11 is 0. The maximum atomic E-state index is 11.2. The highest BCUT2D eigenvalue weighted by Crippen LogP contribution is 2.34. The van der Waals surface area contributed by atoms with Gasteiger partial charge in [0.25, 0.3) is 0 Å². The standard InChI is InChI=1S/C13H16O4/c1-8-5-10(7-17-13(8)15)9-3-4-12(16-2)11(14)6-9/h3-4,6,8,10,14H,5,7H2,1-2H3/t8?,10-/m1/s1. The third-order valence-electron chi connectivity index (χ3n) is 3.14. The zero-order valence-corrected chi connectivity index (χ0v) is 9.97. The van der Waals surface area contributed by atoms with Gasteiger partial charge in [0, 0.05) is 5.92 Å². The molecule has 4 heteroatoms. The maximum absolute atomic E-state index is 11.2.